The van der Waals surface area contributed by atoms with Crippen LogP contribution in [0.5, 0.6) is 0 Å². The zero-order valence-electron chi connectivity index (χ0n) is 10.5. The molecule has 1 aliphatic rings. The lowest BCUT2D eigenvalue weighted by molar-refractivity contribution is -0.147. The van der Waals surface area contributed by atoms with Gasteiger partial charge in [0, 0.05) is 13.7 Å². The molecular weight excluding hydrogens is 246 g/mol. The summed E-state index contributed by atoms with van der Waals surface area (Å²) in [5.74, 6) is -0.202. The monoisotopic (exact) mass is 266 g/mol. The Hall–Kier alpha value is -0.790. The molecule has 0 bridgehead atoms. The maximum Gasteiger partial charge on any atom is 0.261 e. The summed E-state index contributed by atoms with van der Waals surface area (Å²) in [5, 5.41) is 5.81. The molecule has 1 amide bonds. The number of halogens is 2. The van der Waals surface area contributed by atoms with E-state index in [-0.39, 0.29) is 19.1 Å². The second-order valence-electron chi connectivity index (χ2n) is 4.17. The highest BCUT2D eigenvalue weighted by molar-refractivity contribution is 5.85. The third kappa shape index (κ3) is 4.47. The molecule has 1 heterocycles. The third-order valence-electron chi connectivity index (χ3n) is 2.99. The van der Waals surface area contributed by atoms with Crippen molar-refractivity contribution in [2.45, 2.75) is 24.9 Å². The molecule has 0 aromatic rings. The zero-order valence-corrected chi connectivity index (χ0v) is 10.5. The van der Waals surface area contributed by atoms with E-state index in [1.807, 2.05) is 0 Å². The topological polar surface area (TPSA) is 59.6 Å². The molecule has 5 nitrogen and oxygen atoms in total. The van der Waals surface area contributed by atoms with Gasteiger partial charge in [0.15, 0.2) is 0 Å². The lowest BCUT2D eigenvalue weighted by Crippen LogP contribution is -2.54. The fourth-order valence-corrected chi connectivity index (χ4v) is 1.92. The number of ether oxygens (including phenoxy) is 2. The highest BCUT2D eigenvalue weighted by Gasteiger charge is 2.39. The Balaban J connectivity index is 2.25. The van der Waals surface area contributed by atoms with Gasteiger partial charge in [0.25, 0.3) is 12.3 Å². The summed E-state index contributed by atoms with van der Waals surface area (Å²) in [6.07, 6.45) is -1.27. The first-order chi connectivity index (χ1) is 8.60. The van der Waals surface area contributed by atoms with Crippen molar-refractivity contribution in [1.29, 1.82) is 0 Å². The van der Waals surface area contributed by atoms with Crippen LogP contribution in [0.4, 0.5) is 8.78 Å². The van der Waals surface area contributed by atoms with Crippen molar-refractivity contribution in [3.63, 3.8) is 0 Å². The number of hydrogen-bond donors (Lipinski definition) is 2. The van der Waals surface area contributed by atoms with E-state index < -0.39 is 18.6 Å². The van der Waals surface area contributed by atoms with Crippen molar-refractivity contribution in [3.8, 4) is 0 Å². The van der Waals surface area contributed by atoms with Crippen LogP contribution in [0.25, 0.3) is 0 Å². The first-order valence-corrected chi connectivity index (χ1v) is 6.01. The maximum absolute atomic E-state index is 12.0. The summed E-state index contributed by atoms with van der Waals surface area (Å²) in [5.41, 5.74) is -0.798. The van der Waals surface area contributed by atoms with Gasteiger partial charge in [-0.3, -0.25) is 4.79 Å². The van der Waals surface area contributed by atoms with Crippen LogP contribution in [0.3, 0.4) is 0 Å². The van der Waals surface area contributed by atoms with Gasteiger partial charge in [-0.25, -0.2) is 8.78 Å². The van der Waals surface area contributed by atoms with Gasteiger partial charge in [0.1, 0.15) is 12.2 Å². The summed E-state index contributed by atoms with van der Waals surface area (Å²) >= 11 is 0. The Bertz CT molecular complexity index is 259. The molecule has 1 saturated heterocycles. The lowest BCUT2D eigenvalue weighted by atomic mass is 9.91. The maximum atomic E-state index is 12.0. The van der Waals surface area contributed by atoms with E-state index in [0.717, 1.165) is 13.1 Å². The van der Waals surface area contributed by atoms with Crippen LogP contribution in [0, 0.1) is 0 Å². The smallest absolute Gasteiger partial charge is 0.261 e. The minimum absolute atomic E-state index is 0.0775. The predicted octanol–water partition coefficient (Wildman–Crippen LogP) is 0.153. The fraction of sp³-hybridized carbons (Fsp3) is 0.909. The van der Waals surface area contributed by atoms with Crippen LogP contribution >= 0.6 is 0 Å². The number of amides is 1. The van der Waals surface area contributed by atoms with Gasteiger partial charge in [0.2, 0.25) is 0 Å². The summed E-state index contributed by atoms with van der Waals surface area (Å²) < 4.78 is 33.6. The number of alkyl halides is 2. The first-order valence-electron chi connectivity index (χ1n) is 6.01. The molecule has 106 valence electrons. The van der Waals surface area contributed by atoms with Crippen molar-refractivity contribution in [1.82, 2.24) is 10.6 Å². The lowest BCUT2D eigenvalue weighted by Gasteiger charge is -2.34. The van der Waals surface area contributed by atoms with Crippen LogP contribution < -0.4 is 10.6 Å². The fourth-order valence-electron chi connectivity index (χ4n) is 1.92. The zero-order chi connectivity index (χ0) is 13.4. The molecule has 1 fully saturated rings. The predicted molar refractivity (Wildman–Crippen MR) is 61.7 cm³/mol. The second kappa shape index (κ2) is 7.60. The van der Waals surface area contributed by atoms with E-state index in [4.69, 9.17) is 4.74 Å². The largest absolute Gasteiger partial charge is 0.374 e. The minimum Gasteiger partial charge on any atom is -0.374 e. The van der Waals surface area contributed by atoms with Gasteiger partial charge in [0.05, 0.1) is 6.61 Å². The number of rotatable bonds is 7. The molecule has 18 heavy (non-hydrogen) atoms. The molecule has 7 heteroatoms. The molecule has 0 atom stereocenters. The summed E-state index contributed by atoms with van der Waals surface area (Å²) in [7, 11) is 1.51. The molecule has 0 unspecified atom stereocenters. The third-order valence-corrected chi connectivity index (χ3v) is 2.99. The van der Waals surface area contributed by atoms with Crippen molar-refractivity contribution in [2.24, 2.45) is 0 Å². The number of carbonyl (C=O) groups is 1. The standard InChI is InChI=1S/C11H20F2N2O3/c1-17-11(2-4-14-5-3-11)10(16)15-6-7-18-8-9(12)13/h9,14H,2-8H2,1H3,(H,15,16). The van der Waals surface area contributed by atoms with Crippen molar-refractivity contribution >= 4 is 5.91 Å². The Morgan fingerprint density at radius 2 is 2.11 bits per heavy atom. The number of hydrogen-bond acceptors (Lipinski definition) is 4. The van der Waals surface area contributed by atoms with Gasteiger partial charge < -0.3 is 20.1 Å². The molecule has 0 aliphatic carbocycles. The molecule has 0 radical (unpaired) electrons. The first kappa shape index (κ1) is 15.3. The second-order valence-corrected chi connectivity index (χ2v) is 4.17. The van der Waals surface area contributed by atoms with Gasteiger partial charge in [-0.1, -0.05) is 0 Å². The van der Waals surface area contributed by atoms with Crippen molar-refractivity contribution in [2.75, 3.05) is 40.0 Å². The molecule has 1 rings (SSSR count). The van der Waals surface area contributed by atoms with E-state index in [1.165, 1.54) is 7.11 Å². The number of nitrogens with one attached hydrogen (secondary N) is 2. The normalized spacial score (nSPS) is 18.9. The van der Waals surface area contributed by atoms with Crippen LogP contribution in [0.15, 0.2) is 0 Å². The van der Waals surface area contributed by atoms with Crippen LogP contribution in [0.1, 0.15) is 12.8 Å². The van der Waals surface area contributed by atoms with Crippen LogP contribution in [-0.2, 0) is 14.3 Å². The highest BCUT2D eigenvalue weighted by atomic mass is 19.3. The quantitative estimate of drug-likeness (QED) is 0.644. The Morgan fingerprint density at radius 1 is 1.44 bits per heavy atom. The van der Waals surface area contributed by atoms with Gasteiger partial charge in [-0.15, -0.1) is 0 Å². The van der Waals surface area contributed by atoms with Crippen LogP contribution in [0.2, 0.25) is 0 Å². The number of methoxy groups -OCH3 is 1. The summed E-state index contributed by atoms with van der Waals surface area (Å²) in [6.45, 7) is 1.14. The van der Waals surface area contributed by atoms with Crippen LogP contribution in [-0.4, -0.2) is 57.9 Å². The molecule has 2 N–H and O–H groups in total. The molecule has 0 aromatic carbocycles. The Morgan fingerprint density at radius 3 is 2.67 bits per heavy atom. The van der Waals surface area contributed by atoms with E-state index in [1.54, 1.807) is 0 Å². The molecule has 0 spiro atoms. The average Bonchev–Trinajstić information content (AvgIpc) is 2.38. The average molecular weight is 266 g/mol. The Kier molecular flexibility index (Phi) is 6.45. The molecular formula is C11H20F2N2O3. The summed E-state index contributed by atoms with van der Waals surface area (Å²) in [6, 6.07) is 0. The number of carbonyl (C=O) groups excluding carboxylic acids is 1. The highest BCUT2D eigenvalue weighted by Crippen LogP contribution is 2.22. The van der Waals surface area contributed by atoms with Gasteiger partial charge in [-0.05, 0) is 25.9 Å². The SMILES string of the molecule is COC1(C(=O)NCCOCC(F)F)CCNCC1. The molecule has 1 aliphatic heterocycles. The Labute approximate surface area is 105 Å². The molecule has 0 saturated carbocycles. The van der Waals surface area contributed by atoms with Crippen molar-refractivity contribution < 1.29 is 23.0 Å². The van der Waals surface area contributed by atoms with E-state index in [2.05, 4.69) is 15.4 Å². The summed E-state index contributed by atoms with van der Waals surface area (Å²) in [4.78, 5) is 12.0. The minimum atomic E-state index is -2.48. The molecule has 0 aromatic heterocycles. The van der Waals surface area contributed by atoms with E-state index >= 15 is 0 Å². The van der Waals surface area contributed by atoms with E-state index in [9.17, 15) is 13.6 Å². The van der Waals surface area contributed by atoms with Crippen molar-refractivity contribution in [3.05, 3.63) is 0 Å². The number of piperidine rings is 1. The van der Waals surface area contributed by atoms with Gasteiger partial charge >= 0.3 is 0 Å². The van der Waals surface area contributed by atoms with E-state index in [0.29, 0.717) is 12.8 Å². The van der Waals surface area contributed by atoms with Gasteiger partial charge in [-0.2, -0.15) is 0 Å².